The number of para-hydroxylation sites is 1. The molecule has 1 aliphatic rings. The van der Waals surface area contributed by atoms with Crippen LogP contribution in [0.1, 0.15) is 28.8 Å². The number of hydrogen-bond donors (Lipinski definition) is 0. The first kappa shape index (κ1) is 21.1. The number of fused-ring (bicyclic) bond motifs is 1. The van der Waals surface area contributed by atoms with E-state index in [4.69, 9.17) is 15.1 Å². The van der Waals surface area contributed by atoms with Gasteiger partial charge in [-0.3, -0.25) is 4.79 Å². The standard InChI is InChI=1S/C25H25FN6O/c1-3-21-27-23(22-17(2)29-32(24(22)28-21)20-7-5-4-6-8-20)30-13-15-31(16-14-30)25(33)18-9-11-19(26)12-10-18/h4-12H,3,13-16H2,1-2H3. The number of hydrogen-bond acceptors (Lipinski definition) is 5. The SMILES string of the molecule is CCc1nc(N2CCN(C(=O)c3ccc(F)cc3)CC2)c2c(C)nn(-c3ccccc3)c2n1. The fourth-order valence-corrected chi connectivity index (χ4v) is 4.24. The average Bonchev–Trinajstić information content (AvgIpc) is 3.20. The van der Waals surface area contributed by atoms with Crippen LogP contribution >= 0.6 is 0 Å². The summed E-state index contributed by atoms with van der Waals surface area (Å²) in [5, 5.41) is 5.71. The maximum atomic E-state index is 13.2. The van der Waals surface area contributed by atoms with Gasteiger partial charge in [-0.05, 0) is 43.3 Å². The Morgan fingerprint density at radius 2 is 1.67 bits per heavy atom. The van der Waals surface area contributed by atoms with Gasteiger partial charge in [0.2, 0.25) is 0 Å². The summed E-state index contributed by atoms with van der Waals surface area (Å²) >= 11 is 0. The summed E-state index contributed by atoms with van der Waals surface area (Å²) in [4.78, 5) is 26.5. The number of aryl methyl sites for hydroxylation is 2. The zero-order valence-corrected chi connectivity index (χ0v) is 18.7. The van der Waals surface area contributed by atoms with E-state index in [1.807, 2.05) is 53.8 Å². The molecule has 8 heteroatoms. The van der Waals surface area contributed by atoms with E-state index in [9.17, 15) is 9.18 Å². The number of halogens is 1. The maximum absolute atomic E-state index is 13.2. The summed E-state index contributed by atoms with van der Waals surface area (Å²) in [6.45, 7) is 6.45. The van der Waals surface area contributed by atoms with Crippen LogP contribution < -0.4 is 4.90 Å². The second-order valence-electron chi connectivity index (χ2n) is 8.13. The molecule has 0 unspecified atom stereocenters. The van der Waals surface area contributed by atoms with E-state index >= 15 is 0 Å². The number of rotatable bonds is 4. The van der Waals surface area contributed by atoms with Gasteiger partial charge in [0.15, 0.2) is 5.65 Å². The molecule has 0 saturated carbocycles. The Hall–Kier alpha value is -3.81. The summed E-state index contributed by atoms with van der Waals surface area (Å²) in [7, 11) is 0. The fraction of sp³-hybridized carbons (Fsp3) is 0.280. The van der Waals surface area contributed by atoms with Crippen LogP contribution in [0.5, 0.6) is 0 Å². The van der Waals surface area contributed by atoms with E-state index in [1.54, 1.807) is 0 Å². The van der Waals surface area contributed by atoms with Gasteiger partial charge >= 0.3 is 0 Å². The zero-order chi connectivity index (χ0) is 22.9. The number of nitrogens with zero attached hydrogens (tertiary/aromatic N) is 6. The Balaban J connectivity index is 1.45. The van der Waals surface area contributed by atoms with E-state index in [1.165, 1.54) is 24.3 Å². The molecule has 5 rings (SSSR count). The minimum absolute atomic E-state index is 0.0789. The molecule has 0 spiro atoms. The van der Waals surface area contributed by atoms with Crippen LogP contribution in [0.25, 0.3) is 16.7 Å². The number of amides is 1. The predicted octanol–water partition coefficient (Wildman–Crippen LogP) is 3.79. The molecule has 3 heterocycles. The molecular formula is C25H25FN6O. The lowest BCUT2D eigenvalue weighted by Gasteiger charge is -2.35. The van der Waals surface area contributed by atoms with E-state index in [2.05, 4.69) is 4.90 Å². The van der Waals surface area contributed by atoms with Crippen LogP contribution in [-0.2, 0) is 6.42 Å². The van der Waals surface area contributed by atoms with Crippen molar-refractivity contribution >= 4 is 22.8 Å². The van der Waals surface area contributed by atoms with Crippen molar-refractivity contribution in [1.82, 2.24) is 24.6 Å². The zero-order valence-electron chi connectivity index (χ0n) is 18.7. The molecule has 7 nitrogen and oxygen atoms in total. The van der Waals surface area contributed by atoms with E-state index in [0.717, 1.165) is 34.1 Å². The van der Waals surface area contributed by atoms with Crippen molar-refractivity contribution in [2.24, 2.45) is 0 Å². The maximum Gasteiger partial charge on any atom is 0.253 e. The first-order valence-corrected chi connectivity index (χ1v) is 11.2. The highest BCUT2D eigenvalue weighted by molar-refractivity contribution is 5.95. The molecule has 2 aromatic heterocycles. The summed E-state index contributed by atoms with van der Waals surface area (Å²) in [6, 6.07) is 15.7. The second kappa shape index (κ2) is 8.61. The summed E-state index contributed by atoms with van der Waals surface area (Å²) in [6.07, 6.45) is 0.713. The lowest BCUT2D eigenvalue weighted by molar-refractivity contribution is 0.0746. The van der Waals surface area contributed by atoms with Crippen LogP contribution in [0.4, 0.5) is 10.2 Å². The van der Waals surface area contributed by atoms with Crippen molar-refractivity contribution in [2.45, 2.75) is 20.3 Å². The number of carbonyl (C=O) groups excluding carboxylic acids is 1. The van der Waals surface area contributed by atoms with Gasteiger partial charge in [-0.2, -0.15) is 5.10 Å². The molecule has 4 aromatic rings. The van der Waals surface area contributed by atoms with Crippen LogP contribution in [-0.4, -0.2) is 56.7 Å². The number of benzene rings is 2. The number of piperazine rings is 1. The lowest BCUT2D eigenvalue weighted by Crippen LogP contribution is -2.49. The summed E-state index contributed by atoms with van der Waals surface area (Å²) < 4.78 is 15.1. The van der Waals surface area contributed by atoms with Crippen LogP contribution in [0, 0.1) is 12.7 Å². The smallest absolute Gasteiger partial charge is 0.253 e. The quantitative estimate of drug-likeness (QED) is 0.479. The Bertz CT molecular complexity index is 1290. The highest BCUT2D eigenvalue weighted by atomic mass is 19.1. The Morgan fingerprint density at radius 1 is 0.970 bits per heavy atom. The van der Waals surface area contributed by atoms with E-state index in [0.29, 0.717) is 38.2 Å². The fourth-order valence-electron chi connectivity index (χ4n) is 4.24. The molecule has 2 aromatic carbocycles. The highest BCUT2D eigenvalue weighted by Crippen LogP contribution is 2.30. The molecule has 0 aliphatic carbocycles. The molecule has 0 radical (unpaired) electrons. The predicted molar refractivity (Wildman–Crippen MR) is 125 cm³/mol. The Labute approximate surface area is 191 Å². The first-order chi connectivity index (χ1) is 16.0. The molecule has 168 valence electrons. The van der Waals surface area contributed by atoms with Crippen molar-refractivity contribution < 1.29 is 9.18 Å². The highest BCUT2D eigenvalue weighted by Gasteiger charge is 2.26. The summed E-state index contributed by atoms with van der Waals surface area (Å²) in [5.41, 5.74) is 3.13. The van der Waals surface area contributed by atoms with Gasteiger partial charge in [-0.25, -0.2) is 19.0 Å². The Kier molecular flexibility index (Phi) is 5.50. The summed E-state index contributed by atoms with van der Waals surface area (Å²) in [5.74, 6) is 1.21. The van der Waals surface area contributed by atoms with Crippen LogP contribution in [0.15, 0.2) is 54.6 Å². The van der Waals surface area contributed by atoms with Gasteiger partial charge in [0.1, 0.15) is 17.5 Å². The largest absolute Gasteiger partial charge is 0.352 e. The second-order valence-corrected chi connectivity index (χ2v) is 8.13. The van der Waals surface area contributed by atoms with E-state index in [-0.39, 0.29) is 11.7 Å². The molecule has 1 aliphatic heterocycles. The van der Waals surface area contributed by atoms with Gasteiger partial charge in [0, 0.05) is 38.2 Å². The van der Waals surface area contributed by atoms with E-state index < -0.39 is 0 Å². The molecular weight excluding hydrogens is 419 g/mol. The first-order valence-electron chi connectivity index (χ1n) is 11.2. The molecule has 1 fully saturated rings. The van der Waals surface area contributed by atoms with Crippen molar-refractivity contribution in [3.8, 4) is 5.69 Å². The van der Waals surface area contributed by atoms with Gasteiger partial charge in [-0.1, -0.05) is 25.1 Å². The minimum atomic E-state index is -0.345. The topological polar surface area (TPSA) is 67.2 Å². The number of anilines is 1. The number of aromatic nitrogens is 4. The number of carbonyl (C=O) groups is 1. The molecule has 0 bridgehead atoms. The molecule has 0 atom stereocenters. The minimum Gasteiger partial charge on any atom is -0.352 e. The third-order valence-electron chi connectivity index (χ3n) is 6.00. The van der Waals surface area contributed by atoms with Crippen molar-refractivity contribution in [3.63, 3.8) is 0 Å². The average molecular weight is 445 g/mol. The lowest BCUT2D eigenvalue weighted by atomic mass is 10.1. The molecule has 0 N–H and O–H groups in total. The molecule has 33 heavy (non-hydrogen) atoms. The van der Waals surface area contributed by atoms with Crippen molar-refractivity contribution in [2.75, 3.05) is 31.1 Å². The third-order valence-corrected chi connectivity index (χ3v) is 6.00. The van der Waals surface area contributed by atoms with Gasteiger partial charge in [0.25, 0.3) is 5.91 Å². The van der Waals surface area contributed by atoms with Crippen molar-refractivity contribution in [3.05, 3.63) is 77.5 Å². The Morgan fingerprint density at radius 3 is 2.33 bits per heavy atom. The normalized spacial score (nSPS) is 14.2. The third kappa shape index (κ3) is 3.92. The van der Waals surface area contributed by atoms with Gasteiger partial charge in [0.05, 0.1) is 16.8 Å². The monoisotopic (exact) mass is 444 g/mol. The van der Waals surface area contributed by atoms with Crippen molar-refractivity contribution in [1.29, 1.82) is 0 Å². The van der Waals surface area contributed by atoms with Crippen LogP contribution in [0.3, 0.4) is 0 Å². The van der Waals surface area contributed by atoms with Gasteiger partial charge < -0.3 is 9.80 Å². The molecule has 1 saturated heterocycles. The van der Waals surface area contributed by atoms with Gasteiger partial charge in [-0.15, -0.1) is 0 Å². The van der Waals surface area contributed by atoms with Crippen LogP contribution in [0.2, 0.25) is 0 Å². The molecule has 1 amide bonds.